The highest BCUT2D eigenvalue weighted by atomic mass is 35.5. The van der Waals surface area contributed by atoms with Crippen molar-refractivity contribution < 1.29 is 40.7 Å². The van der Waals surface area contributed by atoms with Crippen molar-refractivity contribution in [2.75, 3.05) is 13.9 Å². The van der Waals surface area contributed by atoms with Crippen LogP contribution in [-0.4, -0.2) is 19.9 Å². The molecule has 2 aliphatic heterocycles. The summed E-state index contributed by atoms with van der Waals surface area (Å²) in [6.45, 7) is 3.26. The number of esters is 1. The fourth-order valence-corrected chi connectivity index (χ4v) is 4.52. The molecule has 1 aromatic heterocycles. The minimum absolute atomic E-state index is 0. The summed E-state index contributed by atoms with van der Waals surface area (Å²) in [6, 6.07) is 10.2. The molecule has 33 heavy (non-hydrogen) atoms. The summed E-state index contributed by atoms with van der Waals surface area (Å²) in [7, 11) is 1.60. The maximum Gasteiger partial charge on any atom is 0.311 e. The topological polar surface area (TPSA) is 57.9 Å². The van der Waals surface area contributed by atoms with E-state index in [4.69, 9.17) is 18.9 Å². The van der Waals surface area contributed by atoms with E-state index < -0.39 is 0 Å². The lowest BCUT2D eigenvalue weighted by Gasteiger charge is -2.17. The van der Waals surface area contributed by atoms with Gasteiger partial charge >= 0.3 is 5.97 Å². The second-order valence-corrected chi connectivity index (χ2v) is 8.35. The van der Waals surface area contributed by atoms with E-state index >= 15 is 0 Å². The Bertz CT molecular complexity index is 1190. The fraction of sp³-hybridized carbons (Fsp3) is 0.385. The number of carbonyl (C=O) groups excluding carboxylic acids is 1. The van der Waals surface area contributed by atoms with Gasteiger partial charge in [0, 0.05) is 18.9 Å². The number of unbranched alkanes of at least 4 members (excludes halogenated alkanes) is 3. The van der Waals surface area contributed by atoms with Crippen LogP contribution in [0.3, 0.4) is 0 Å². The molecule has 174 valence electrons. The van der Waals surface area contributed by atoms with Gasteiger partial charge in [-0.15, -0.1) is 0 Å². The zero-order valence-electron chi connectivity index (χ0n) is 19.0. The number of pyridine rings is 1. The Morgan fingerprint density at radius 1 is 1.09 bits per heavy atom. The van der Waals surface area contributed by atoms with Crippen LogP contribution in [0.4, 0.5) is 0 Å². The Balaban J connectivity index is 0.00000259. The molecule has 0 radical (unpaired) electrons. The number of hydrogen-bond acceptors (Lipinski definition) is 5. The molecule has 0 amide bonds. The number of hydrogen-bond donors (Lipinski definition) is 0. The smallest absolute Gasteiger partial charge is 0.311 e. The molecular formula is C26H28ClNO5. The summed E-state index contributed by atoms with van der Waals surface area (Å²) in [5, 5.41) is 1.87. The number of carbonyl (C=O) groups is 1. The van der Waals surface area contributed by atoms with Crippen molar-refractivity contribution in [1.29, 1.82) is 0 Å². The molecule has 3 heterocycles. The van der Waals surface area contributed by atoms with Crippen molar-refractivity contribution in [2.45, 2.75) is 52.0 Å². The van der Waals surface area contributed by atoms with Gasteiger partial charge in [0.1, 0.15) is 0 Å². The van der Waals surface area contributed by atoms with E-state index in [0.717, 1.165) is 72.2 Å². The second-order valence-electron chi connectivity index (χ2n) is 8.35. The number of fused-ring (bicyclic) bond motifs is 5. The molecule has 0 N–H and O–H groups in total. The molecule has 2 aliphatic rings. The van der Waals surface area contributed by atoms with Crippen LogP contribution < -0.4 is 35.9 Å². The number of aryl methyl sites for hydroxylation is 2. The Hall–Kier alpha value is -2.99. The molecule has 0 fully saturated rings. The van der Waals surface area contributed by atoms with E-state index in [-0.39, 0.29) is 25.2 Å². The van der Waals surface area contributed by atoms with Crippen molar-refractivity contribution in [1.82, 2.24) is 0 Å². The number of halogens is 1. The molecule has 3 aromatic rings. The van der Waals surface area contributed by atoms with Gasteiger partial charge in [-0.2, -0.15) is 4.57 Å². The average molecular weight is 470 g/mol. The van der Waals surface area contributed by atoms with Gasteiger partial charge in [0.05, 0.1) is 18.1 Å². The fourth-order valence-electron chi connectivity index (χ4n) is 4.52. The highest BCUT2D eigenvalue weighted by Gasteiger charge is 2.29. The standard InChI is InChI=1S/C26H28NO5.ClH/c1-3-4-5-6-7-25(28)32-26-20-15-27-11-10-18-13-23-24(31-16-30-23)14-19(18)21(27)12-17(20)8-9-22(26)29-2;/h8-9,12-15H,3-7,10-11,16H2,1-2H3;1H/q+1;/p-1. The highest BCUT2D eigenvalue weighted by Crippen LogP contribution is 2.41. The van der Waals surface area contributed by atoms with Crippen molar-refractivity contribution in [3.05, 3.63) is 42.1 Å². The Morgan fingerprint density at radius 2 is 1.91 bits per heavy atom. The van der Waals surface area contributed by atoms with Gasteiger partial charge in [0.25, 0.3) is 0 Å². The molecule has 6 nitrogen and oxygen atoms in total. The predicted octanol–water partition coefficient (Wildman–Crippen LogP) is 1.97. The maximum absolute atomic E-state index is 12.5. The van der Waals surface area contributed by atoms with E-state index in [9.17, 15) is 4.79 Å². The van der Waals surface area contributed by atoms with Crippen LogP contribution in [0.15, 0.2) is 36.5 Å². The summed E-state index contributed by atoms with van der Waals surface area (Å²) in [6.07, 6.45) is 7.54. The van der Waals surface area contributed by atoms with E-state index in [0.29, 0.717) is 17.9 Å². The number of aromatic nitrogens is 1. The first-order valence-electron chi connectivity index (χ1n) is 11.4. The third-order valence-corrected chi connectivity index (χ3v) is 6.25. The van der Waals surface area contributed by atoms with E-state index in [1.165, 1.54) is 5.56 Å². The molecule has 7 heteroatoms. The van der Waals surface area contributed by atoms with E-state index in [2.05, 4.69) is 35.9 Å². The molecule has 0 aliphatic carbocycles. The van der Waals surface area contributed by atoms with Crippen LogP contribution in [0.5, 0.6) is 23.0 Å². The van der Waals surface area contributed by atoms with Crippen LogP contribution in [-0.2, 0) is 17.8 Å². The molecule has 0 unspecified atom stereocenters. The van der Waals surface area contributed by atoms with Crippen LogP contribution in [0.1, 0.15) is 44.6 Å². The number of nitrogens with zero attached hydrogens (tertiary/aromatic N) is 1. The highest BCUT2D eigenvalue weighted by molar-refractivity contribution is 5.93. The summed E-state index contributed by atoms with van der Waals surface area (Å²) >= 11 is 0. The van der Waals surface area contributed by atoms with Gasteiger partial charge < -0.3 is 31.4 Å². The quantitative estimate of drug-likeness (QED) is 0.229. The Kier molecular flexibility index (Phi) is 6.94. The van der Waals surface area contributed by atoms with Gasteiger partial charge in [-0.05, 0) is 41.6 Å². The molecule has 0 saturated heterocycles. The third kappa shape index (κ3) is 4.44. The maximum atomic E-state index is 12.5. The molecule has 0 atom stereocenters. The number of ether oxygens (including phenoxy) is 4. The SMILES string of the molecule is CCCCCCC(=O)Oc1c(OC)ccc2cc3[n+](cc12)CCc1cc2c(cc1-3)OCO2.[Cl-]. The van der Waals surface area contributed by atoms with Crippen molar-refractivity contribution in [3.8, 4) is 34.3 Å². The van der Waals surface area contributed by atoms with Gasteiger partial charge in [-0.3, -0.25) is 4.79 Å². The lowest BCUT2D eigenvalue weighted by atomic mass is 9.95. The lowest BCUT2D eigenvalue weighted by Crippen LogP contribution is -3.00. The first kappa shape index (κ1) is 23.2. The van der Waals surface area contributed by atoms with Gasteiger partial charge in [0.2, 0.25) is 12.5 Å². The summed E-state index contributed by atoms with van der Waals surface area (Å²) in [5.41, 5.74) is 3.51. The minimum atomic E-state index is -0.215. The van der Waals surface area contributed by atoms with Gasteiger partial charge in [-0.1, -0.05) is 26.2 Å². The summed E-state index contributed by atoms with van der Waals surface area (Å²) in [5.74, 6) is 2.45. The first-order valence-corrected chi connectivity index (χ1v) is 11.4. The molecule has 0 spiro atoms. The largest absolute Gasteiger partial charge is 1.00 e. The van der Waals surface area contributed by atoms with Crippen molar-refractivity contribution in [3.63, 3.8) is 0 Å². The second kappa shape index (κ2) is 9.87. The lowest BCUT2D eigenvalue weighted by molar-refractivity contribution is -0.686. The number of rotatable bonds is 7. The minimum Gasteiger partial charge on any atom is -1.00 e. The molecule has 0 saturated carbocycles. The van der Waals surface area contributed by atoms with Gasteiger partial charge in [0.15, 0.2) is 35.7 Å². The van der Waals surface area contributed by atoms with Crippen LogP contribution in [0.2, 0.25) is 0 Å². The van der Waals surface area contributed by atoms with Crippen LogP contribution in [0, 0.1) is 0 Å². The Morgan fingerprint density at radius 3 is 2.70 bits per heavy atom. The summed E-state index contributed by atoms with van der Waals surface area (Å²) in [4.78, 5) is 12.5. The summed E-state index contributed by atoms with van der Waals surface area (Å²) < 4.78 is 24.7. The molecule has 2 aromatic carbocycles. The van der Waals surface area contributed by atoms with Crippen molar-refractivity contribution >= 4 is 16.7 Å². The predicted molar refractivity (Wildman–Crippen MR) is 120 cm³/mol. The molecule has 5 rings (SSSR count). The number of methoxy groups -OCH3 is 1. The van der Waals surface area contributed by atoms with Gasteiger partial charge in [-0.25, -0.2) is 0 Å². The third-order valence-electron chi connectivity index (χ3n) is 6.25. The molecular weight excluding hydrogens is 442 g/mol. The number of benzene rings is 2. The zero-order chi connectivity index (χ0) is 22.1. The van der Waals surface area contributed by atoms with Crippen molar-refractivity contribution in [2.24, 2.45) is 0 Å². The van der Waals surface area contributed by atoms with Crippen LogP contribution >= 0.6 is 0 Å². The normalized spacial score (nSPS) is 13.2. The monoisotopic (exact) mass is 469 g/mol. The Labute approximate surface area is 199 Å². The zero-order valence-corrected chi connectivity index (χ0v) is 19.7. The first-order chi connectivity index (χ1) is 15.7. The van der Waals surface area contributed by atoms with E-state index in [1.54, 1.807) is 7.11 Å². The van der Waals surface area contributed by atoms with Crippen LogP contribution in [0.25, 0.3) is 22.0 Å². The molecule has 0 bridgehead atoms. The average Bonchev–Trinajstić information content (AvgIpc) is 3.27. The van der Waals surface area contributed by atoms with E-state index in [1.807, 2.05) is 12.1 Å².